The number of rotatable bonds is 10. The maximum absolute atomic E-state index is 13.4. The van der Waals surface area contributed by atoms with E-state index in [2.05, 4.69) is 20.0 Å². The van der Waals surface area contributed by atoms with Crippen LogP contribution in [0.25, 0.3) is 0 Å². The minimum atomic E-state index is -4.08. The van der Waals surface area contributed by atoms with Crippen molar-refractivity contribution in [1.29, 1.82) is 0 Å². The van der Waals surface area contributed by atoms with Crippen LogP contribution in [0.1, 0.15) is 0 Å². The zero-order valence-corrected chi connectivity index (χ0v) is 21.7. The number of nitrogens with one attached hydrogen (secondary N) is 2. The van der Waals surface area contributed by atoms with Gasteiger partial charge in [-0.3, -0.25) is 9.10 Å². The molecule has 0 unspecified atom stereocenters. The van der Waals surface area contributed by atoms with E-state index in [-0.39, 0.29) is 27.1 Å². The van der Waals surface area contributed by atoms with Crippen LogP contribution in [0.5, 0.6) is 5.75 Å². The number of benzene rings is 3. The molecule has 196 valence electrons. The highest BCUT2D eigenvalue weighted by Crippen LogP contribution is 2.26. The number of aromatic nitrogens is 2. The molecule has 0 aliphatic rings. The number of carbonyl (C=O) groups is 1. The van der Waals surface area contributed by atoms with Gasteiger partial charge in [-0.05, 0) is 66.7 Å². The highest BCUT2D eigenvalue weighted by atomic mass is 32.2. The quantitative estimate of drug-likeness (QED) is 0.304. The molecule has 13 heteroatoms. The van der Waals surface area contributed by atoms with Gasteiger partial charge in [-0.25, -0.2) is 31.5 Å². The first-order chi connectivity index (χ1) is 18.2. The van der Waals surface area contributed by atoms with E-state index in [1.807, 2.05) is 0 Å². The lowest BCUT2D eigenvalue weighted by molar-refractivity contribution is -0.114. The van der Waals surface area contributed by atoms with E-state index in [9.17, 15) is 21.6 Å². The highest BCUT2D eigenvalue weighted by molar-refractivity contribution is 7.93. The lowest BCUT2D eigenvalue weighted by Gasteiger charge is -2.24. The number of methoxy groups -OCH3 is 1. The molecule has 11 nitrogen and oxygen atoms in total. The number of nitrogens with zero attached hydrogens (tertiary/aromatic N) is 3. The van der Waals surface area contributed by atoms with Crippen molar-refractivity contribution in [3.05, 3.63) is 97.3 Å². The topological polar surface area (TPSA) is 148 Å². The van der Waals surface area contributed by atoms with Crippen molar-refractivity contribution < 1.29 is 26.4 Å². The molecule has 0 spiro atoms. The van der Waals surface area contributed by atoms with Crippen LogP contribution in [-0.4, -0.2) is 46.4 Å². The molecule has 4 rings (SSSR count). The van der Waals surface area contributed by atoms with Gasteiger partial charge in [0.05, 0.1) is 22.6 Å². The Bertz CT molecular complexity index is 1600. The summed E-state index contributed by atoms with van der Waals surface area (Å²) in [5.74, 6) is -0.187. The predicted molar refractivity (Wildman–Crippen MR) is 142 cm³/mol. The summed E-state index contributed by atoms with van der Waals surface area (Å²) in [6.07, 6.45) is 2.80. The van der Waals surface area contributed by atoms with Gasteiger partial charge in [-0.15, -0.1) is 0 Å². The van der Waals surface area contributed by atoms with Crippen LogP contribution in [0.15, 0.2) is 107 Å². The molecule has 0 aliphatic carbocycles. The molecule has 3 aromatic carbocycles. The third-order valence-corrected chi connectivity index (χ3v) is 8.35. The fourth-order valence-electron chi connectivity index (χ4n) is 3.36. The Morgan fingerprint density at radius 3 is 2.05 bits per heavy atom. The molecule has 0 saturated carbocycles. The highest BCUT2D eigenvalue weighted by Gasteiger charge is 2.27. The molecule has 0 saturated heterocycles. The maximum Gasteiger partial charge on any atom is 0.264 e. The van der Waals surface area contributed by atoms with E-state index >= 15 is 0 Å². The molecule has 0 fully saturated rings. The largest absolute Gasteiger partial charge is 0.497 e. The van der Waals surface area contributed by atoms with Crippen LogP contribution in [0.2, 0.25) is 0 Å². The molecular weight excluding hydrogens is 530 g/mol. The third kappa shape index (κ3) is 6.25. The zero-order chi connectivity index (χ0) is 27.2. The van der Waals surface area contributed by atoms with Crippen LogP contribution in [0.3, 0.4) is 0 Å². The second kappa shape index (κ2) is 11.3. The number of amides is 1. The van der Waals surface area contributed by atoms with Gasteiger partial charge in [0.1, 0.15) is 12.3 Å². The Labute approximate surface area is 220 Å². The van der Waals surface area contributed by atoms with E-state index in [1.54, 1.807) is 36.4 Å². The third-order valence-electron chi connectivity index (χ3n) is 5.22. The molecule has 0 aliphatic heterocycles. The van der Waals surface area contributed by atoms with Crippen LogP contribution in [0.4, 0.5) is 17.3 Å². The standard InChI is InChI=1S/C25H23N5O6S2/c1-36-21-12-10-20(11-13-21)30(38(34,35)23-6-3-2-4-7-23)18-24(31)28-19-8-14-22(15-9-19)37(32,33)29-25-26-16-5-17-27-25/h2-17H,18H2,1H3,(H,28,31)(H,26,27,29). The van der Waals surface area contributed by atoms with Gasteiger partial charge >= 0.3 is 0 Å². The SMILES string of the molecule is COc1ccc(N(CC(=O)Nc2ccc(S(=O)(=O)Nc3ncccn3)cc2)S(=O)(=O)c2ccccc2)cc1. The maximum atomic E-state index is 13.4. The smallest absolute Gasteiger partial charge is 0.264 e. The Morgan fingerprint density at radius 2 is 1.45 bits per heavy atom. The summed E-state index contributed by atoms with van der Waals surface area (Å²) in [6, 6.07) is 20.9. The van der Waals surface area contributed by atoms with Crippen molar-refractivity contribution in [2.24, 2.45) is 0 Å². The number of anilines is 3. The summed E-state index contributed by atoms with van der Waals surface area (Å²) in [7, 11) is -6.55. The van der Waals surface area contributed by atoms with E-state index in [0.29, 0.717) is 5.75 Å². The van der Waals surface area contributed by atoms with Gasteiger partial charge in [0, 0.05) is 18.1 Å². The van der Waals surface area contributed by atoms with E-state index in [1.165, 1.54) is 68.0 Å². The molecule has 1 amide bonds. The van der Waals surface area contributed by atoms with Crippen molar-refractivity contribution in [3.63, 3.8) is 0 Å². The van der Waals surface area contributed by atoms with Gasteiger partial charge in [-0.2, -0.15) is 0 Å². The van der Waals surface area contributed by atoms with Crippen molar-refractivity contribution in [3.8, 4) is 5.75 Å². The molecule has 0 atom stereocenters. The average molecular weight is 554 g/mol. The molecular formula is C25H23N5O6S2. The summed E-state index contributed by atoms with van der Waals surface area (Å²) in [6.45, 7) is -0.531. The summed E-state index contributed by atoms with van der Waals surface area (Å²) in [5.41, 5.74) is 0.539. The van der Waals surface area contributed by atoms with Crippen LogP contribution in [-0.2, 0) is 24.8 Å². The lowest BCUT2D eigenvalue weighted by atomic mass is 10.3. The molecule has 2 N–H and O–H groups in total. The minimum Gasteiger partial charge on any atom is -0.497 e. The van der Waals surface area contributed by atoms with E-state index < -0.39 is 32.5 Å². The second-order valence-electron chi connectivity index (χ2n) is 7.77. The second-order valence-corrected chi connectivity index (χ2v) is 11.3. The lowest BCUT2D eigenvalue weighted by Crippen LogP contribution is -2.38. The fraction of sp³-hybridized carbons (Fsp3) is 0.0800. The monoisotopic (exact) mass is 553 g/mol. The summed E-state index contributed by atoms with van der Waals surface area (Å²) < 4.78 is 60.3. The average Bonchev–Trinajstić information content (AvgIpc) is 2.93. The summed E-state index contributed by atoms with van der Waals surface area (Å²) in [4.78, 5) is 20.5. The van der Waals surface area contributed by atoms with Gasteiger partial charge in [0.2, 0.25) is 11.9 Å². The normalized spacial score (nSPS) is 11.4. The van der Waals surface area contributed by atoms with Crippen LogP contribution >= 0.6 is 0 Å². The Balaban J connectivity index is 1.53. The zero-order valence-electron chi connectivity index (χ0n) is 20.1. The Kier molecular flexibility index (Phi) is 7.88. The Morgan fingerprint density at radius 1 is 0.816 bits per heavy atom. The number of hydrogen-bond acceptors (Lipinski definition) is 8. The van der Waals surface area contributed by atoms with Gasteiger partial charge in [0.15, 0.2) is 0 Å². The van der Waals surface area contributed by atoms with Gasteiger partial charge in [-0.1, -0.05) is 18.2 Å². The molecule has 0 radical (unpaired) electrons. The van der Waals surface area contributed by atoms with Crippen molar-refractivity contribution in [2.75, 3.05) is 28.0 Å². The molecule has 38 heavy (non-hydrogen) atoms. The molecule has 0 bridgehead atoms. The van der Waals surface area contributed by atoms with Crippen molar-refractivity contribution in [1.82, 2.24) is 9.97 Å². The van der Waals surface area contributed by atoms with Gasteiger partial charge in [0.25, 0.3) is 20.0 Å². The van der Waals surface area contributed by atoms with Crippen molar-refractivity contribution in [2.45, 2.75) is 9.79 Å². The number of hydrogen-bond donors (Lipinski definition) is 2. The van der Waals surface area contributed by atoms with Gasteiger partial charge < -0.3 is 10.1 Å². The number of sulfonamides is 2. The molecule has 4 aromatic rings. The number of ether oxygens (including phenoxy) is 1. The summed E-state index contributed by atoms with van der Waals surface area (Å²) >= 11 is 0. The van der Waals surface area contributed by atoms with E-state index in [0.717, 1.165) is 4.31 Å². The fourth-order valence-corrected chi connectivity index (χ4v) is 5.76. The minimum absolute atomic E-state index is 0.0214. The predicted octanol–water partition coefficient (Wildman–Crippen LogP) is 3.12. The first kappa shape index (κ1) is 26.6. The molecule has 1 heterocycles. The van der Waals surface area contributed by atoms with E-state index in [4.69, 9.17) is 4.74 Å². The van der Waals surface area contributed by atoms with Crippen LogP contribution in [0, 0.1) is 0 Å². The summed E-state index contributed by atoms with van der Waals surface area (Å²) in [5, 5.41) is 2.61. The Hall–Kier alpha value is -4.49. The first-order valence-corrected chi connectivity index (χ1v) is 14.0. The van der Waals surface area contributed by atoms with Crippen LogP contribution < -0.4 is 19.1 Å². The molecule has 1 aromatic heterocycles. The first-order valence-electron chi connectivity index (χ1n) is 11.1. The van der Waals surface area contributed by atoms with Crippen molar-refractivity contribution >= 4 is 43.3 Å². The number of carbonyl (C=O) groups excluding carboxylic acids is 1.